The summed E-state index contributed by atoms with van der Waals surface area (Å²) in [5.41, 5.74) is 3.10. The maximum Gasteiger partial charge on any atom is 0.0912 e. The van der Waals surface area contributed by atoms with E-state index >= 15 is 0 Å². The van der Waals surface area contributed by atoms with E-state index in [4.69, 9.17) is 5.26 Å². The lowest BCUT2D eigenvalue weighted by Crippen LogP contribution is -2.17. The zero-order valence-corrected chi connectivity index (χ0v) is 19.1. The molecule has 2 aliphatic rings. The van der Waals surface area contributed by atoms with E-state index < -0.39 is 0 Å². The van der Waals surface area contributed by atoms with Crippen LogP contribution >= 0.6 is 0 Å². The van der Waals surface area contributed by atoms with Crippen molar-refractivity contribution in [3.63, 3.8) is 0 Å². The van der Waals surface area contributed by atoms with Gasteiger partial charge in [-0.3, -0.25) is 0 Å². The Morgan fingerprint density at radius 3 is 2.10 bits per heavy atom. The Morgan fingerprint density at radius 2 is 1.50 bits per heavy atom. The highest BCUT2D eigenvalue weighted by molar-refractivity contribution is 5.26. The van der Waals surface area contributed by atoms with Gasteiger partial charge in [-0.25, -0.2) is 0 Å². The Morgan fingerprint density at radius 1 is 0.867 bits per heavy atom. The van der Waals surface area contributed by atoms with Crippen LogP contribution in [0.1, 0.15) is 101 Å². The predicted octanol–water partition coefficient (Wildman–Crippen LogP) is 8.53. The monoisotopic (exact) mass is 403 g/mol. The summed E-state index contributed by atoms with van der Waals surface area (Å²) >= 11 is 0. The van der Waals surface area contributed by atoms with E-state index in [1.54, 1.807) is 11.6 Å². The number of rotatable bonds is 9. The second-order valence-corrected chi connectivity index (χ2v) is 9.79. The molecule has 0 radical (unpaired) electrons. The van der Waals surface area contributed by atoms with Gasteiger partial charge < -0.3 is 0 Å². The van der Waals surface area contributed by atoms with E-state index in [1.165, 1.54) is 89.0 Å². The topological polar surface area (TPSA) is 23.8 Å². The molecule has 0 aromatic heterocycles. The molecule has 2 fully saturated rings. The van der Waals surface area contributed by atoms with Crippen molar-refractivity contribution in [2.45, 2.75) is 96.3 Å². The lowest BCUT2D eigenvalue weighted by atomic mass is 9.74. The van der Waals surface area contributed by atoms with Crippen LogP contribution in [0.5, 0.6) is 0 Å². The maximum absolute atomic E-state index is 8.54. The average Bonchev–Trinajstić information content (AvgIpc) is 2.81. The van der Waals surface area contributed by atoms with Crippen LogP contribution in [0.4, 0.5) is 0 Å². The highest BCUT2D eigenvalue weighted by Gasteiger charge is 2.24. The summed E-state index contributed by atoms with van der Waals surface area (Å²) in [6.07, 6.45) is 25.7. The number of nitriles is 1. The molecule has 162 valence electrons. The van der Waals surface area contributed by atoms with Gasteiger partial charge in [-0.2, -0.15) is 5.26 Å². The molecule has 30 heavy (non-hydrogen) atoms. The maximum atomic E-state index is 8.54. The van der Waals surface area contributed by atoms with Gasteiger partial charge in [0.25, 0.3) is 0 Å². The van der Waals surface area contributed by atoms with Crippen molar-refractivity contribution < 1.29 is 0 Å². The molecule has 1 aromatic carbocycles. The third-order valence-corrected chi connectivity index (χ3v) is 7.66. The van der Waals surface area contributed by atoms with Gasteiger partial charge in [0.2, 0.25) is 0 Å². The molecule has 0 bridgehead atoms. The quantitative estimate of drug-likeness (QED) is 0.299. The van der Waals surface area contributed by atoms with E-state index in [2.05, 4.69) is 43.3 Å². The summed E-state index contributed by atoms with van der Waals surface area (Å²) in [5.74, 6) is 3.46. The number of hydrogen-bond donors (Lipinski definition) is 0. The molecule has 0 atom stereocenters. The summed E-state index contributed by atoms with van der Waals surface area (Å²) in [7, 11) is 0. The predicted molar refractivity (Wildman–Crippen MR) is 128 cm³/mol. The molecular formula is C29H41N. The van der Waals surface area contributed by atoms with E-state index in [9.17, 15) is 0 Å². The van der Waals surface area contributed by atoms with Crippen LogP contribution in [0.2, 0.25) is 0 Å². The molecule has 0 unspecified atom stereocenters. The molecule has 2 aliphatic carbocycles. The summed E-state index contributed by atoms with van der Waals surface area (Å²) in [5, 5.41) is 8.54. The number of allylic oxidation sites excluding steroid dienone is 4. The minimum atomic E-state index is 0.730. The highest BCUT2D eigenvalue weighted by Crippen LogP contribution is 2.40. The van der Waals surface area contributed by atoms with Crippen molar-refractivity contribution in [3.05, 3.63) is 59.7 Å². The Bertz CT molecular complexity index is 689. The van der Waals surface area contributed by atoms with Crippen LogP contribution in [-0.4, -0.2) is 0 Å². The molecule has 0 saturated heterocycles. The van der Waals surface area contributed by atoms with Gasteiger partial charge in [0.15, 0.2) is 0 Å². The number of aryl methyl sites for hydroxylation is 1. The van der Waals surface area contributed by atoms with Crippen LogP contribution in [0.25, 0.3) is 0 Å². The first-order chi connectivity index (χ1) is 14.8. The summed E-state index contributed by atoms with van der Waals surface area (Å²) in [6, 6.07) is 11.6. The fourth-order valence-corrected chi connectivity index (χ4v) is 5.58. The van der Waals surface area contributed by atoms with Crippen LogP contribution in [0.3, 0.4) is 0 Å². The van der Waals surface area contributed by atoms with Crippen molar-refractivity contribution in [2.75, 3.05) is 0 Å². The first kappa shape index (κ1) is 22.9. The van der Waals surface area contributed by atoms with E-state index in [1.807, 2.05) is 12.1 Å². The smallest absolute Gasteiger partial charge is 0.0912 e. The first-order valence-electron chi connectivity index (χ1n) is 12.6. The number of unbranched alkanes of at least 4 members (excludes halogenated alkanes) is 1. The highest BCUT2D eigenvalue weighted by atomic mass is 14.3. The third kappa shape index (κ3) is 7.46. The fourth-order valence-electron chi connectivity index (χ4n) is 5.58. The van der Waals surface area contributed by atoms with E-state index in [0.717, 1.165) is 23.7 Å². The Balaban J connectivity index is 1.32. The van der Waals surface area contributed by atoms with Crippen LogP contribution < -0.4 is 0 Å². The molecule has 0 spiro atoms. The standard InChI is InChI=1S/C29H41N/c1-2-3-7-24-15-19-28(20-16-24)29-21-17-27(18-22-29)14-13-26-11-9-25(10-12-26)8-5-4-6-23-30/h4-6,8,15-16,19-20,25-27,29H,2-3,7,9-14,17-18,21-22H2,1H3/b6-4+,8-5+. The van der Waals surface area contributed by atoms with E-state index in [-0.39, 0.29) is 0 Å². The molecule has 1 nitrogen and oxygen atoms in total. The van der Waals surface area contributed by atoms with Gasteiger partial charge in [-0.15, -0.1) is 0 Å². The molecule has 0 aliphatic heterocycles. The Hall–Kier alpha value is -1.81. The van der Waals surface area contributed by atoms with Gasteiger partial charge >= 0.3 is 0 Å². The molecule has 3 rings (SSSR count). The molecular weight excluding hydrogens is 362 g/mol. The number of nitrogens with zero attached hydrogens (tertiary/aromatic N) is 1. The molecule has 1 heteroatoms. The normalized spacial score (nSPS) is 27.5. The van der Waals surface area contributed by atoms with Crippen molar-refractivity contribution in [1.29, 1.82) is 5.26 Å². The lowest BCUT2D eigenvalue weighted by Gasteiger charge is -2.31. The molecule has 0 N–H and O–H groups in total. The van der Waals surface area contributed by atoms with Gasteiger partial charge in [0, 0.05) is 6.08 Å². The lowest BCUT2D eigenvalue weighted by molar-refractivity contribution is 0.246. The van der Waals surface area contributed by atoms with Crippen molar-refractivity contribution in [2.24, 2.45) is 17.8 Å². The number of benzene rings is 1. The Labute approximate surface area is 185 Å². The molecule has 2 saturated carbocycles. The number of hydrogen-bond acceptors (Lipinski definition) is 1. The summed E-state index contributed by atoms with van der Waals surface area (Å²) < 4.78 is 0. The largest absolute Gasteiger partial charge is 0.193 e. The zero-order chi connectivity index (χ0) is 21.0. The molecule has 0 amide bonds. The van der Waals surface area contributed by atoms with Crippen LogP contribution in [0.15, 0.2) is 48.6 Å². The van der Waals surface area contributed by atoms with Crippen molar-refractivity contribution in [3.8, 4) is 6.07 Å². The second-order valence-electron chi connectivity index (χ2n) is 9.79. The third-order valence-electron chi connectivity index (χ3n) is 7.66. The Kier molecular flexibility index (Phi) is 9.75. The van der Waals surface area contributed by atoms with Gasteiger partial charge in [0.05, 0.1) is 6.07 Å². The van der Waals surface area contributed by atoms with E-state index in [0.29, 0.717) is 0 Å². The fraction of sp³-hybridized carbons (Fsp3) is 0.621. The molecule has 1 aromatic rings. The summed E-state index contributed by atoms with van der Waals surface area (Å²) in [6.45, 7) is 2.27. The first-order valence-corrected chi connectivity index (χ1v) is 12.6. The minimum absolute atomic E-state index is 0.730. The van der Waals surface area contributed by atoms with Gasteiger partial charge in [0.1, 0.15) is 0 Å². The van der Waals surface area contributed by atoms with Crippen molar-refractivity contribution >= 4 is 0 Å². The van der Waals surface area contributed by atoms with Crippen LogP contribution in [-0.2, 0) is 6.42 Å². The minimum Gasteiger partial charge on any atom is -0.193 e. The van der Waals surface area contributed by atoms with Crippen LogP contribution in [0, 0.1) is 29.1 Å². The SMILES string of the molecule is CCCCc1ccc(C2CCC(CCC3CCC(/C=C/C=C/C#N)CC3)CC2)cc1. The van der Waals surface area contributed by atoms with Crippen molar-refractivity contribution in [1.82, 2.24) is 0 Å². The summed E-state index contributed by atoms with van der Waals surface area (Å²) in [4.78, 5) is 0. The molecule has 0 heterocycles. The zero-order valence-electron chi connectivity index (χ0n) is 19.1. The van der Waals surface area contributed by atoms with Gasteiger partial charge in [-0.05, 0) is 99.0 Å². The van der Waals surface area contributed by atoms with Gasteiger partial charge in [-0.1, -0.05) is 68.7 Å². The average molecular weight is 404 g/mol. The second kappa shape index (κ2) is 12.8.